The van der Waals surface area contributed by atoms with Crippen LogP contribution in [0.25, 0.3) is 0 Å². The van der Waals surface area contributed by atoms with Gasteiger partial charge in [-0.1, -0.05) is 18.2 Å². The summed E-state index contributed by atoms with van der Waals surface area (Å²) in [5.41, 5.74) is 0. The van der Waals surface area contributed by atoms with Gasteiger partial charge in [-0.15, -0.1) is 0 Å². The van der Waals surface area contributed by atoms with Crippen molar-refractivity contribution in [1.29, 1.82) is 0 Å². The average molecular weight is 326 g/mol. The lowest BCUT2D eigenvalue weighted by atomic mass is 10.2. The maximum absolute atomic E-state index is 12.2. The van der Waals surface area contributed by atoms with Gasteiger partial charge in [0, 0.05) is 19.6 Å². The van der Waals surface area contributed by atoms with Crippen LogP contribution in [-0.2, 0) is 14.6 Å². The summed E-state index contributed by atoms with van der Waals surface area (Å²) in [6, 6.07) is 8.69. The standard InChI is InChI=1S/C16H26N2O3S/c1-17(2)13-15-14-18(10-11-21-15)9-6-12-22(19,20)16-7-4-3-5-8-16/h3-5,7-8,15H,6,9-14H2,1-2H3. The van der Waals surface area contributed by atoms with Crippen LogP contribution in [0.15, 0.2) is 35.2 Å². The normalized spacial score (nSPS) is 20.4. The van der Waals surface area contributed by atoms with E-state index in [1.165, 1.54) is 0 Å². The summed E-state index contributed by atoms with van der Waals surface area (Å²) in [5.74, 6) is 0.201. The first kappa shape index (κ1) is 17.4. The fourth-order valence-electron chi connectivity index (χ4n) is 2.73. The molecule has 1 aliphatic rings. The van der Waals surface area contributed by atoms with Crippen LogP contribution < -0.4 is 0 Å². The lowest BCUT2D eigenvalue weighted by molar-refractivity contribution is -0.0378. The Hall–Kier alpha value is -0.950. The molecule has 0 aromatic heterocycles. The first-order valence-corrected chi connectivity index (χ1v) is 9.39. The van der Waals surface area contributed by atoms with E-state index in [1.807, 2.05) is 20.2 Å². The topological polar surface area (TPSA) is 49.9 Å². The van der Waals surface area contributed by atoms with E-state index in [9.17, 15) is 8.42 Å². The Balaban J connectivity index is 1.78. The minimum Gasteiger partial charge on any atom is -0.374 e. The molecule has 6 heteroatoms. The largest absolute Gasteiger partial charge is 0.374 e. The highest BCUT2D eigenvalue weighted by molar-refractivity contribution is 7.91. The summed E-state index contributed by atoms with van der Waals surface area (Å²) in [4.78, 5) is 4.84. The smallest absolute Gasteiger partial charge is 0.178 e. The second-order valence-electron chi connectivity index (χ2n) is 6.04. The molecule has 1 fully saturated rings. The zero-order chi connectivity index (χ0) is 16.0. The van der Waals surface area contributed by atoms with Crippen LogP contribution in [0.3, 0.4) is 0 Å². The van der Waals surface area contributed by atoms with Gasteiger partial charge in [-0.2, -0.15) is 0 Å². The Morgan fingerprint density at radius 3 is 2.68 bits per heavy atom. The quantitative estimate of drug-likeness (QED) is 0.751. The maximum Gasteiger partial charge on any atom is 0.178 e. The molecule has 2 rings (SSSR count). The predicted molar refractivity (Wildman–Crippen MR) is 87.8 cm³/mol. The van der Waals surface area contributed by atoms with Gasteiger partial charge in [0.25, 0.3) is 0 Å². The zero-order valence-electron chi connectivity index (χ0n) is 13.4. The second kappa shape index (κ2) is 8.06. The Kier molecular flexibility index (Phi) is 6.37. The molecule has 0 N–H and O–H groups in total. The monoisotopic (exact) mass is 326 g/mol. The zero-order valence-corrected chi connectivity index (χ0v) is 14.3. The number of likely N-dealkylation sites (N-methyl/N-ethyl adjacent to an activating group) is 1. The van der Waals surface area contributed by atoms with Gasteiger partial charge in [-0.25, -0.2) is 8.42 Å². The van der Waals surface area contributed by atoms with Gasteiger partial charge in [-0.3, -0.25) is 4.90 Å². The lowest BCUT2D eigenvalue weighted by Crippen LogP contribution is -2.46. The SMILES string of the molecule is CN(C)CC1CN(CCCS(=O)(=O)c2ccccc2)CCO1. The Morgan fingerprint density at radius 2 is 2.00 bits per heavy atom. The van der Waals surface area contributed by atoms with E-state index < -0.39 is 9.84 Å². The average Bonchev–Trinajstić information content (AvgIpc) is 2.48. The van der Waals surface area contributed by atoms with Crippen molar-refractivity contribution in [1.82, 2.24) is 9.80 Å². The van der Waals surface area contributed by atoms with Crippen LogP contribution in [-0.4, -0.2) is 77.0 Å². The number of ether oxygens (including phenoxy) is 1. The summed E-state index contributed by atoms with van der Waals surface area (Å²) in [6.45, 7) is 4.20. The van der Waals surface area contributed by atoms with Crippen LogP contribution in [0.5, 0.6) is 0 Å². The molecule has 0 spiro atoms. The molecule has 0 bridgehead atoms. The molecule has 1 aromatic carbocycles. The van der Waals surface area contributed by atoms with E-state index in [4.69, 9.17) is 4.74 Å². The minimum absolute atomic E-state index is 0.201. The van der Waals surface area contributed by atoms with E-state index >= 15 is 0 Å². The molecule has 1 unspecified atom stereocenters. The molecular formula is C16H26N2O3S. The van der Waals surface area contributed by atoms with Crippen molar-refractivity contribution in [2.45, 2.75) is 17.4 Å². The number of hydrogen-bond acceptors (Lipinski definition) is 5. The molecular weight excluding hydrogens is 300 g/mol. The van der Waals surface area contributed by atoms with Gasteiger partial charge >= 0.3 is 0 Å². The van der Waals surface area contributed by atoms with Gasteiger partial charge < -0.3 is 9.64 Å². The third-order valence-corrected chi connectivity index (χ3v) is 5.60. The van der Waals surface area contributed by atoms with Crippen molar-refractivity contribution in [3.05, 3.63) is 30.3 Å². The molecule has 1 atom stereocenters. The fraction of sp³-hybridized carbons (Fsp3) is 0.625. The van der Waals surface area contributed by atoms with Gasteiger partial charge in [0.2, 0.25) is 0 Å². The Bertz CT molecular complexity index is 546. The summed E-state index contributed by atoms with van der Waals surface area (Å²) < 4.78 is 30.2. The summed E-state index contributed by atoms with van der Waals surface area (Å²) in [5, 5.41) is 0. The maximum atomic E-state index is 12.2. The molecule has 124 valence electrons. The molecule has 22 heavy (non-hydrogen) atoms. The Labute approximate surface area is 133 Å². The van der Waals surface area contributed by atoms with Gasteiger partial charge in [0.05, 0.1) is 23.4 Å². The van der Waals surface area contributed by atoms with Gasteiger partial charge in [0.1, 0.15) is 0 Å². The van der Waals surface area contributed by atoms with Crippen molar-refractivity contribution in [3.8, 4) is 0 Å². The molecule has 0 amide bonds. The first-order chi connectivity index (χ1) is 10.5. The van der Waals surface area contributed by atoms with Crippen LogP contribution in [0.2, 0.25) is 0 Å². The third kappa shape index (κ3) is 5.35. The van der Waals surface area contributed by atoms with Gasteiger partial charge in [-0.05, 0) is 39.2 Å². The predicted octanol–water partition coefficient (Wildman–Crippen LogP) is 1.11. The van der Waals surface area contributed by atoms with E-state index in [2.05, 4.69) is 9.80 Å². The van der Waals surface area contributed by atoms with Crippen LogP contribution in [0.1, 0.15) is 6.42 Å². The number of benzene rings is 1. The highest BCUT2D eigenvalue weighted by atomic mass is 32.2. The number of sulfone groups is 1. The first-order valence-electron chi connectivity index (χ1n) is 7.74. The van der Waals surface area contributed by atoms with Crippen molar-refractivity contribution in [2.75, 3.05) is 52.6 Å². The van der Waals surface area contributed by atoms with Crippen molar-refractivity contribution >= 4 is 9.84 Å². The number of morpholine rings is 1. The molecule has 1 aliphatic heterocycles. The molecule has 1 heterocycles. The van der Waals surface area contributed by atoms with Crippen molar-refractivity contribution < 1.29 is 13.2 Å². The van der Waals surface area contributed by atoms with Crippen molar-refractivity contribution in [2.24, 2.45) is 0 Å². The van der Waals surface area contributed by atoms with E-state index in [0.717, 1.165) is 32.8 Å². The summed E-state index contributed by atoms with van der Waals surface area (Å²) in [6.07, 6.45) is 0.876. The van der Waals surface area contributed by atoms with Crippen LogP contribution in [0, 0.1) is 0 Å². The minimum atomic E-state index is -3.16. The second-order valence-corrected chi connectivity index (χ2v) is 8.15. The molecule has 1 aromatic rings. The van der Waals surface area contributed by atoms with Crippen molar-refractivity contribution in [3.63, 3.8) is 0 Å². The molecule has 1 saturated heterocycles. The highest BCUT2D eigenvalue weighted by Gasteiger charge is 2.21. The number of hydrogen-bond donors (Lipinski definition) is 0. The number of nitrogens with zero attached hydrogens (tertiary/aromatic N) is 2. The van der Waals surface area contributed by atoms with E-state index in [0.29, 0.717) is 11.3 Å². The molecule has 0 saturated carbocycles. The van der Waals surface area contributed by atoms with Crippen LogP contribution in [0.4, 0.5) is 0 Å². The number of rotatable bonds is 7. The Morgan fingerprint density at radius 1 is 1.27 bits per heavy atom. The van der Waals surface area contributed by atoms with Crippen LogP contribution >= 0.6 is 0 Å². The van der Waals surface area contributed by atoms with Gasteiger partial charge in [0.15, 0.2) is 9.84 Å². The lowest BCUT2D eigenvalue weighted by Gasteiger charge is -2.34. The van der Waals surface area contributed by atoms with E-state index in [1.54, 1.807) is 24.3 Å². The third-order valence-electron chi connectivity index (χ3n) is 3.78. The molecule has 0 aliphatic carbocycles. The summed E-state index contributed by atoms with van der Waals surface area (Å²) >= 11 is 0. The molecule has 0 radical (unpaired) electrons. The van der Waals surface area contributed by atoms with E-state index in [-0.39, 0.29) is 11.9 Å². The fourth-order valence-corrected chi connectivity index (χ4v) is 4.04. The highest BCUT2D eigenvalue weighted by Crippen LogP contribution is 2.12. The summed E-state index contributed by atoms with van der Waals surface area (Å²) in [7, 11) is 0.913. The molecule has 5 nitrogen and oxygen atoms in total.